The first-order chi connectivity index (χ1) is 5.00. The zero-order valence-electron chi connectivity index (χ0n) is 7.70. The van der Waals surface area contributed by atoms with E-state index in [9.17, 15) is 10.1 Å². The lowest BCUT2D eigenvalue weighted by Crippen LogP contribution is -2.29. The fraction of sp³-hybridized carbons (Fsp3) is 1.00. The van der Waals surface area contributed by atoms with Crippen LogP contribution in [0.3, 0.4) is 0 Å². The van der Waals surface area contributed by atoms with Crippen LogP contribution in [0.5, 0.6) is 0 Å². The van der Waals surface area contributed by atoms with E-state index >= 15 is 0 Å². The molecule has 11 heavy (non-hydrogen) atoms. The highest BCUT2D eigenvalue weighted by Crippen LogP contribution is 2.18. The van der Waals surface area contributed by atoms with Gasteiger partial charge < -0.3 is 0 Å². The fourth-order valence-corrected chi connectivity index (χ4v) is 1.16. The summed E-state index contributed by atoms with van der Waals surface area (Å²) in [5.41, 5.74) is 0. The molecule has 0 radical (unpaired) electrons. The van der Waals surface area contributed by atoms with E-state index < -0.39 is 0 Å². The van der Waals surface area contributed by atoms with Crippen LogP contribution in [-0.2, 0) is 0 Å². The van der Waals surface area contributed by atoms with Gasteiger partial charge in [-0.15, -0.1) is 0 Å². The van der Waals surface area contributed by atoms with Crippen molar-refractivity contribution in [3.63, 3.8) is 0 Å². The van der Waals surface area contributed by atoms with Crippen LogP contribution in [0.15, 0.2) is 0 Å². The Bertz CT molecular complexity index is 134. The van der Waals surface area contributed by atoms with E-state index in [0.717, 1.165) is 0 Å². The van der Waals surface area contributed by atoms with Crippen LogP contribution in [0.25, 0.3) is 0 Å². The third-order valence-corrected chi connectivity index (χ3v) is 2.35. The maximum absolute atomic E-state index is 10.5. The zero-order chi connectivity index (χ0) is 9.02. The molecule has 0 spiro atoms. The summed E-state index contributed by atoms with van der Waals surface area (Å²) in [6.07, 6.45) is 0.631. The highest BCUT2D eigenvalue weighted by molar-refractivity contribution is 4.66. The fourth-order valence-electron chi connectivity index (χ4n) is 1.16. The highest BCUT2D eigenvalue weighted by Gasteiger charge is 2.27. The molecule has 0 saturated carbocycles. The van der Waals surface area contributed by atoms with Crippen molar-refractivity contribution in [3.05, 3.63) is 10.1 Å². The van der Waals surface area contributed by atoms with Gasteiger partial charge in [0.15, 0.2) is 0 Å². The number of nitrogens with zero attached hydrogens (tertiary/aromatic N) is 1. The molecule has 0 N–H and O–H groups in total. The van der Waals surface area contributed by atoms with Crippen LogP contribution in [0.4, 0.5) is 0 Å². The molecular weight excluding hydrogens is 142 g/mol. The molecule has 3 heteroatoms. The zero-order valence-corrected chi connectivity index (χ0v) is 7.70. The van der Waals surface area contributed by atoms with Crippen LogP contribution >= 0.6 is 0 Å². The topological polar surface area (TPSA) is 43.1 Å². The first-order valence-electron chi connectivity index (χ1n) is 4.14. The van der Waals surface area contributed by atoms with Crippen LogP contribution in [-0.4, -0.2) is 11.0 Å². The standard InChI is InChI=1S/C8H17NO2/c1-5-8(9(10)11)7(4)6(2)3/h6-8H,5H2,1-4H3. The molecule has 3 nitrogen and oxygen atoms in total. The van der Waals surface area contributed by atoms with Crippen molar-refractivity contribution in [2.24, 2.45) is 11.8 Å². The predicted octanol–water partition coefficient (Wildman–Crippen LogP) is 2.33. The Labute approximate surface area is 67.9 Å². The van der Waals surface area contributed by atoms with Gasteiger partial charge in [0.05, 0.1) is 0 Å². The van der Waals surface area contributed by atoms with Gasteiger partial charge in [-0.1, -0.05) is 27.7 Å². The van der Waals surface area contributed by atoms with Gasteiger partial charge in [0.1, 0.15) is 0 Å². The molecule has 0 aromatic heterocycles. The lowest BCUT2D eigenvalue weighted by atomic mass is 9.89. The van der Waals surface area contributed by atoms with Crippen LogP contribution < -0.4 is 0 Å². The van der Waals surface area contributed by atoms with Gasteiger partial charge in [-0.05, 0) is 5.92 Å². The minimum absolute atomic E-state index is 0.162. The summed E-state index contributed by atoms with van der Waals surface area (Å²) < 4.78 is 0. The maximum atomic E-state index is 10.5. The van der Waals surface area contributed by atoms with Crippen LogP contribution in [0.1, 0.15) is 34.1 Å². The third-order valence-electron chi connectivity index (χ3n) is 2.35. The summed E-state index contributed by atoms with van der Waals surface area (Å²) in [6.45, 7) is 7.86. The second-order valence-electron chi connectivity index (χ2n) is 3.36. The summed E-state index contributed by atoms with van der Waals surface area (Å²) in [7, 11) is 0. The normalized spacial score (nSPS) is 16.5. The van der Waals surface area contributed by atoms with E-state index in [2.05, 4.69) is 0 Å². The minimum Gasteiger partial charge on any atom is -0.264 e. The van der Waals surface area contributed by atoms with Crippen molar-refractivity contribution >= 4 is 0 Å². The van der Waals surface area contributed by atoms with Crippen molar-refractivity contribution in [3.8, 4) is 0 Å². The average Bonchev–Trinajstić information content (AvgIpc) is 1.88. The predicted molar refractivity (Wildman–Crippen MR) is 45.1 cm³/mol. The van der Waals surface area contributed by atoms with E-state index in [1.165, 1.54) is 0 Å². The monoisotopic (exact) mass is 159 g/mol. The molecule has 0 saturated heterocycles. The number of hydrogen-bond donors (Lipinski definition) is 0. The molecule has 0 aromatic rings. The lowest BCUT2D eigenvalue weighted by molar-refractivity contribution is -0.533. The largest absolute Gasteiger partial charge is 0.264 e. The van der Waals surface area contributed by atoms with Gasteiger partial charge >= 0.3 is 0 Å². The Morgan fingerprint density at radius 2 is 1.82 bits per heavy atom. The van der Waals surface area contributed by atoms with E-state index in [4.69, 9.17) is 0 Å². The molecule has 2 atom stereocenters. The van der Waals surface area contributed by atoms with Crippen molar-refractivity contribution < 1.29 is 4.92 Å². The smallest absolute Gasteiger partial charge is 0.215 e. The second-order valence-corrected chi connectivity index (χ2v) is 3.36. The number of nitro groups is 1. The molecular formula is C8H17NO2. The van der Waals surface area contributed by atoms with Crippen molar-refractivity contribution in [1.29, 1.82) is 0 Å². The third kappa shape index (κ3) is 2.87. The number of hydrogen-bond acceptors (Lipinski definition) is 2. The van der Waals surface area contributed by atoms with E-state index in [-0.39, 0.29) is 16.9 Å². The molecule has 0 bridgehead atoms. The van der Waals surface area contributed by atoms with Gasteiger partial charge in [0.2, 0.25) is 6.04 Å². The van der Waals surface area contributed by atoms with E-state index in [1.54, 1.807) is 0 Å². The summed E-state index contributed by atoms with van der Waals surface area (Å²) >= 11 is 0. The molecule has 0 aromatic carbocycles. The average molecular weight is 159 g/mol. The molecule has 0 heterocycles. The van der Waals surface area contributed by atoms with E-state index in [1.807, 2.05) is 27.7 Å². The molecule has 66 valence electrons. The SMILES string of the molecule is CCC(C(C)C(C)C)[N+](=O)[O-]. The second kappa shape index (κ2) is 4.31. The molecule has 0 rings (SSSR count). The first kappa shape index (κ1) is 10.4. The molecule has 0 aliphatic heterocycles. The molecule has 0 aliphatic rings. The quantitative estimate of drug-likeness (QED) is 0.466. The van der Waals surface area contributed by atoms with Crippen molar-refractivity contribution in [2.45, 2.75) is 40.2 Å². The Morgan fingerprint density at radius 3 is 1.91 bits per heavy atom. The van der Waals surface area contributed by atoms with Gasteiger partial charge in [-0.25, -0.2) is 0 Å². The lowest BCUT2D eigenvalue weighted by Gasteiger charge is -2.18. The summed E-state index contributed by atoms with van der Waals surface area (Å²) in [5, 5.41) is 10.5. The van der Waals surface area contributed by atoms with Crippen LogP contribution in [0.2, 0.25) is 0 Å². The first-order valence-corrected chi connectivity index (χ1v) is 4.14. The van der Waals surface area contributed by atoms with Crippen molar-refractivity contribution in [2.75, 3.05) is 0 Å². The highest BCUT2D eigenvalue weighted by atomic mass is 16.6. The molecule has 2 unspecified atom stereocenters. The Hall–Kier alpha value is -0.600. The van der Waals surface area contributed by atoms with E-state index in [0.29, 0.717) is 12.3 Å². The van der Waals surface area contributed by atoms with Crippen molar-refractivity contribution in [1.82, 2.24) is 0 Å². The van der Waals surface area contributed by atoms with Gasteiger partial charge in [0.25, 0.3) is 0 Å². The van der Waals surface area contributed by atoms with Gasteiger partial charge in [-0.3, -0.25) is 10.1 Å². The van der Waals surface area contributed by atoms with Crippen LogP contribution in [0, 0.1) is 22.0 Å². The molecule has 0 amide bonds. The minimum atomic E-state index is -0.366. The molecule has 0 fully saturated rings. The molecule has 0 aliphatic carbocycles. The summed E-state index contributed by atoms with van der Waals surface area (Å²) in [6, 6.07) is -0.366. The number of rotatable bonds is 4. The maximum Gasteiger partial charge on any atom is 0.215 e. The Kier molecular flexibility index (Phi) is 4.08. The Morgan fingerprint density at radius 1 is 1.36 bits per heavy atom. The van der Waals surface area contributed by atoms with Gasteiger partial charge in [-0.2, -0.15) is 0 Å². The Balaban J connectivity index is 4.14. The van der Waals surface area contributed by atoms with Gasteiger partial charge in [0, 0.05) is 17.3 Å². The summed E-state index contributed by atoms with van der Waals surface area (Å²) in [4.78, 5) is 10.3. The summed E-state index contributed by atoms with van der Waals surface area (Å²) in [5.74, 6) is 0.570.